The van der Waals surface area contributed by atoms with Gasteiger partial charge in [0.2, 0.25) is 0 Å². The van der Waals surface area contributed by atoms with Crippen molar-refractivity contribution < 1.29 is 8.78 Å². The summed E-state index contributed by atoms with van der Waals surface area (Å²) >= 11 is 0. The van der Waals surface area contributed by atoms with E-state index in [4.69, 9.17) is 0 Å². The lowest BCUT2D eigenvalue weighted by Crippen LogP contribution is -2.06. The molecule has 26 heavy (non-hydrogen) atoms. The summed E-state index contributed by atoms with van der Waals surface area (Å²) in [6.07, 6.45) is 4.22. The fraction of sp³-hybridized carbons (Fsp3) is 0.500. The van der Waals surface area contributed by atoms with Crippen LogP contribution < -0.4 is 0 Å². The van der Waals surface area contributed by atoms with E-state index in [0.717, 1.165) is 31.2 Å². The Morgan fingerprint density at radius 2 is 1.12 bits per heavy atom. The molecule has 0 fully saturated rings. The molecule has 0 aromatic heterocycles. The van der Waals surface area contributed by atoms with Crippen LogP contribution >= 0.6 is 0 Å². The molecule has 0 aliphatic rings. The van der Waals surface area contributed by atoms with Crippen LogP contribution in [0.4, 0.5) is 8.78 Å². The number of rotatable bonds is 4. The summed E-state index contributed by atoms with van der Waals surface area (Å²) in [5, 5.41) is 0. The first-order chi connectivity index (χ1) is 11.9. The highest BCUT2D eigenvalue weighted by molar-refractivity contribution is 5.17. The average molecular weight is 361 g/mol. The van der Waals surface area contributed by atoms with Crippen molar-refractivity contribution in [2.45, 2.75) is 67.2 Å². The third-order valence-electron chi connectivity index (χ3n) is 4.13. The zero-order valence-corrected chi connectivity index (χ0v) is 17.2. The van der Waals surface area contributed by atoms with Gasteiger partial charge in [-0.15, -0.1) is 0 Å². The van der Waals surface area contributed by atoms with E-state index in [2.05, 4.69) is 41.5 Å². The molecule has 0 heterocycles. The molecule has 0 amide bonds. The van der Waals surface area contributed by atoms with Crippen LogP contribution in [0.3, 0.4) is 0 Å². The zero-order valence-electron chi connectivity index (χ0n) is 17.2. The Labute approximate surface area is 158 Å². The van der Waals surface area contributed by atoms with Crippen LogP contribution in [0.15, 0.2) is 48.5 Å². The molecule has 0 saturated carbocycles. The Kier molecular flexibility index (Phi) is 8.46. The van der Waals surface area contributed by atoms with Crippen LogP contribution in [0.5, 0.6) is 0 Å². The second kappa shape index (κ2) is 9.85. The summed E-state index contributed by atoms with van der Waals surface area (Å²) in [5.74, 6) is -0.286. The molecule has 0 saturated heterocycles. The molecule has 0 spiro atoms. The van der Waals surface area contributed by atoms with Crippen LogP contribution in [-0.2, 0) is 12.8 Å². The molecule has 2 aromatic rings. The smallest absolute Gasteiger partial charge is 0.123 e. The fourth-order valence-electron chi connectivity index (χ4n) is 2.38. The van der Waals surface area contributed by atoms with Crippen molar-refractivity contribution in [3.63, 3.8) is 0 Å². The molecule has 2 rings (SSSR count). The summed E-state index contributed by atoms with van der Waals surface area (Å²) in [5.41, 5.74) is 2.99. The van der Waals surface area contributed by atoms with Gasteiger partial charge in [-0.05, 0) is 71.9 Å². The zero-order chi connectivity index (χ0) is 19.8. The Morgan fingerprint density at radius 3 is 1.58 bits per heavy atom. The Bertz CT molecular complexity index is 643. The number of hydrogen-bond acceptors (Lipinski definition) is 0. The highest BCUT2D eigenvalue weighted by Gasteiger charge is 2.10. The van der Waals surface area contributed by atoms with Crippen LogP contribution in [0.1, 0.15) is 65.5 Å². The van der Waals surface area contributed by atoms with Gasteiger partial charge in [-0.25, -0.2) is 8.78 Å². The molecular weight excluding hydrogens is 326 g/mol. The lowest BCUT2D eigenvalue weighted by atomic mass is 9.89. The number of halogens is 2. The van der Waals surface area contributed by atoms with E-state index < -0.39 is 0 Å². The molecule has 0 aliphatic carbocycles. The summed E-state index contributed by atoms with van der Waals surface area (Å²) in [4.78, 5) is 0. The molecule has 0 aliphatic heterocycles. The van der Waals surface area contributed by atoms with Gasteiger partial charge in [0.25, 0.3) is 0 Å². The van der Waals surface area contributed by atoms with Crippen molar-refractivity contribution in [3.8, 4) is 0 Å². The lowest BCUT2D eigenvalue weighted by molar-refractivity contribution is 0.378. The maximum Gasteiger partial charge on any atom is 0.123 e. The second-order valence-electron chi connectivity index (χ2n) is 9.38. The quantitative estimate of drug-likeness (QED) is 0.526. The maximum atomic E-state index is 12.8. The van der Waals surface area contributed by atoms with Crippen LogP contribution in [0.2, 0.25) is 0 Å². The maximum absolute atomic E-state index is 12.8. The first-order valence-electron chi connectivity index (χ1n) is 9.43. The second-order valence-corrected chi connectivity index (χ2v) is 9.38. The molecule has 2 heteroatoms. The monoisotopic (exact) mass is 360 g/mol. The molecular formula is C24H34F2. The summed E-state index contributed by atoms with van der Waals surface area (Å²) in [6, 6.07) is 13.6. The summed E-state index contributed by atoms with van der Waals surface area (Å²) in [7, 11) is 0. The van der Waals surface area contributed by atoms with E-state index in [1.807, 2.05) is 18.2 Å². The van der Waals surface area contributed by atoms with Gasteiger partial charge in [0.05, 0.1) is 0 Å². The Morgan fingerprint density at radius 1 is 0.615 bits per heavy atom. The van der Waals surface area contributed by atoms with Gasteiger partial charge < -0.3 is 0 Å². The standard InChI is InChI=1S/2C12H17F/c1-12(2,3)9-8-10-4-6-11(13)7-5-10;1-12(2,3)8-7-10-5-4-6-11(13)9-10/h4-7H,8-9H2,1-3H3;4-6,9H,7-8H2,1-3H3. The topological polar surface area (TPSA) is 0 Å². The highest BCUT2D eigenvalue weighted by Crippen LogP contribution is 2.22. The number of benzene rings is 2. The largest absolute Gasteiger partial charge is 0.207 e. The Hall–Kier alpha value is -1.70. The van der Waals surface area contributed by atoms with Crippen molar-refractivity contribution >= 4 is 0 Å². The predicted octanol–water partition coefficient (Wildman–Crippen LogP) is 7.61. The van der Waals surface area contributed by atoms with Gasteiger partial charge in [-0.2, -0.15) is 0 Å². The number of aryl methyl sites for hydroxylation is 2. The minimum atomic E-state index is -0.153. The molecule has 2 aromatic carbocycles. The van der Waals surface area contributed by atoms with Crippen molar-refractivity contribution in [3.05, 3.63) is 71.3 Å². The Balaban J connectivity index is 0.000000260. The molecule has 0 nitrogen and oxygen atoms in total. The van der Waals surface area contributed by atoms with Crippen molar-refractivity contribution in [1.82, 2.24) is 0 Å². The minimum absolute atomic E-state index is 0.133. The predicted molar refractivity (Wildman–Crippen MR) is 108 cm³/mol. The van der Waals surface area contributed by atoms with E-state index >= 15 is 0 Å². The van der Waals surface area contributed by atoms with E-state index in [9.17, 15) is 8.78 Å². The molecule has 144 valence electrons. The first-order valence-corrected chi connectivity index (χ1v) is 9.43. The summed E-state index contributed by atoms with van der Waals surface area (Å²) in [6.45, 7) is 13.3. The van der Waals surface area contributed by atoms with Gasteiger partial charge >= 0.3 is 0 Å². The molecule has 0 N–H and O–H groups in total. The lowest BCUT2D eigenvalue weighted by Gasteiger charge is -2.17. The minimum Gasteiger partial charge on any atom is -0.207 e. The van der Waals surface area contributed by atoms with Gasteiger partial charge in [0, 0.05) is 0 Å². The third kappa shape index (κ3) is 11.0. The number of hydrogen-bond donors (Lipinski definition) is 0. The van der Waals surface area contributed by atoms with Crippen molar-refractivity contribution in [1.29, 1.82) is 0 Å². The van der Waals surface area contributed by atoms with E-state index in [1.165, 1.54) is 23.8 Å². The van der Waals surface area contributed by atoms with Crippen LogP contribution in [0, 0.1) is 22.5 Å². The highest BCUT2D eigenvalue weighted by atomic mass is 19.1. The molecule has 0 radical (unpaired) electrons. The normalized spacial score (nSPS) is 11.7. The van der Waals surface area contributed by atoms with E-state index in [0.29, 0.717) is 10.8 Å². The van der Waals surface area contributed by atoms with Gasteiger partial charge in [0.1, 0.15) is 11.6 Å². The van der Waals surface area contributed by atoms with Crippen molar-refractivity contribution in [2.75, 3.05) is 0 Å². The van der Waals surface area contributed by atoms with Gasteiger partial charge in [-0.1, -0.05) is 65.8 Å². The van der Waals surface area contributed by atoms with Crippen LogP contribution in [0.25, 0.3) is 0 Å². The van der Waals surface area contributed by atoms with E-state index in [-0.39, 0.29) is 11.6 Å². The van der Waals surface area contributed by atoms with Crippen LogP contribution in [-0.4, -0.2) is 0 Å². The SMILES string of the molecule is CC(C)(C)CCc1ccc(F)cc1.CC(C)(C)CCc1cccc(F)c1. The average Bonchev–Trinajstić information content (AvgIpc) is 2.52. The van der Waals surface area contributed by atoms with Crippen molar-refractivity contribution in [2.24, 2.45) is 10.8 Å². The molecule has 0 atom stereocenters. The molecule has 0 bridgehead atoms. The van der Waals surface area contributed by atoms with Gasteiger partial charge in [0.15, 0.2) is 0 Å². The molecule has 0 unspecified atom stereocenters. The van der Waals surface area contributed by atoms with Gasteiger partial charge in [-0.3, -0.25) is 0 Å². The van der Waals surface area contributed by atoms with E-state index in [1.54, 1.807) is 12.1 Å². The summed E-state index contributed by atoms with van der Waals surface area (Å²) < 4.78 is 25.3. The third-order valence-corrected chi connectivity index (χ3v) is 4.13. The fourth-order valence-corrected chi connectivity index (χ4v) is 2.38. The first kappa shape index (κ1) is 22.3.